The summed E-state index contributed by atoms with van der Waals surface area (Å²) in [6.45, 7) is 3.72. The van der Waals surface area contributed by atoms with Gasteiger partial charge in [0.2, 0.25) is 5.91 Å². The van der Waals surface area contributed by atoms with E-state index in [4.69, 9.17) is 11.6 Å². The number of nitro groups is 1. The van der Waals surface area contributed by atoms with Crippen LogP contribution >= 0.6 is 11.6 Å². The monoisotopic (exact) mass is 425 g/mol. The predicted octanol–water partition coefficient (Wildman–Crippen LogP) is 3.43. The van der Waals surface area contributed by atoms with E-state index in [-0.39, 0.29) is 28.7 Å². The number of nitro benzene ring substituents is 1. The summed E-state index contributed by atoms with van der Waals surface area (Å²) in [5.74, 6) is -0.381. The summed E-state index contributed by atoms with van der Waals surface area (Å²) < 4.78 is 23.4. The number of benzene rings is 2. The summed E-state index contributed by atoms with van der Waals surface area (Å²) in [6.07, 6.45) is 0.976. The first kappa shape index (κ1) is 21.6. The summed E-state index contributed by atoms with van der Waals surface area (Å²) in [5.41, 5.74) is 1.16. The van der Waals surface area contributed by atoms with Crippen molar-refractivity contribution in [1.82, 2.24) is 0 Å². The summed E-state index contributed by atoms with van der Waals surface area (Å²) in [7, 11) is -3.60. The van der Waals surface area contributed by atoms with Crippen molar-refractivity contribution in [2.24, 2.45) is 0 Å². The molecule has 2 aromatic carbocycles. The van der Waals surface area contributed by atoms with Crippen LogP contribution in [0.25, 0.3) is 0 Å². The van der Waals surface area contributed by atoms with Crippen LogP contribution in [0.1, 0.15) is 12.5 Å². The van der Waals surface area contributed by atoms with Gasteiger partial charge in [0.25, 0.3) is 5.69 Å². The minimum atomic E-state index is -3.60. The molecule has 0 bridgehead atoms. The molecular formula is C18H20ClN3O5S. The van der Waals surface area contributed by atoms with Gasteiger partial charge in [-0.15, -0.1) is 0 Å². The van der Waals surface area contributed by atoms with E-state index >= 15 is 0 Å². The third-order valence-electron chi connectivity index (χ3n) is 4.10. The van der Waals surface area contributed by atoms with Crippen LogP contribution < -0.4 is 10.2 Å². The van der Waals surface area contributed by atoms with E-state index in [9.17, 15) is 23.3 Å². The summed E-state index contributed by atoms with van der Waals surface area (Å²) in [4.78, 5) is 24.6. The number of rotatable bonds is 7. The van der Waals surface area contributed by atoms with Crippen LogP contribution in [-0.4, -0.2) is 38.6 Å². The van der Waals surface area contributed by atoms with Crippen molar-refractivity contribution in [3.63, 3.8) is 0 Å². The Morgan fingerprint density at radius 2 is 1.93 bits per heavy atom. The van der Waals surface area contributed by atoms with Crippen LogP contribution in [0, 0.1) is 17.0 Å². The molecule has 2 rings (SSSR count). The second kappa shape index (κ2) is 8.57. The molecule has 2 aromatic rings. The molecule has 0 aliphatic carbocycles. The molecule has 0 atom stereocenters. The van der Waals surface area contributed by atoms with Gasteiger partial charge in [0, 0.05) is 29.6 Å². The van der Waals surface area contributed by atoms with E-state index in [1.807, 2.05) is 6.92 Å². The maximum Gasteiger partial charge on any atom is 0.293 e. The molecule has 0 radical (unpaired) electrons. The maximum absolute atomic E-state index is 12.5. The number of halogens is 1. The Balaban J connectivity index is 2.30. The van der Waals surface area contributed by atoms with Crippen molar-refractivity contribution < 1.29 is 18.1 Å². The molecule has 0 saturated carbocycles. The molecule has 150 valence electrons. The van der Waals surface area contributed by atoms with Gasteiger partial charge in [-0.25, -0.2) is 8.42 Å². The Hall–Kier alpha value is -2.65. The number of carbonyl (C=O) groups excluding carboxylic acids is 1. The number of carbonyl (C=O) groups is 1. The Labute approximate surface area is 168 Å². The standard InChI is InChI=1S/C18H20ClN3O5S/c1-4-21(11-18(23)20-15-9-13(19)6-5-12(15)2)16-8-7-14(28(3,26)27)10-17(16)22(24)25/h5-10H,4,11H2,1-3H3,(H,20,23). The first-order chi connectivity index (χ1) is 13.0. The van der Waals surface area contributed by atoms with Crippen LogP contribution in [0.15, 0.2) is 41.3 Å². The maximum atomic E-state index is 12.5. The minimum absolute atomic E-state index is 0.151. The van der Waals surface area contributed by atoms with Crippen molar-refractivity contribution in [2.45, 2.75) is 18.7 Å². The lowest BCUT2D eigenvalue weighted by molar-refractivity contribution is -0.384. The summed E-state index contributed by atoms with van der Waals surface area (Å²) >= 11 is 5.95. The zero-order chi connectivity index (χ0) is 21.1. The second-order valence-electron chi connectivity index (χ2n) is 6.20. The molecule has 1 amide bonds. The quantitative estimate of drug-likeness (QED) is 0.537. The first-order valence-corrected chi connectivity index (χ1v) is 10.6. The molecule has 0 unspecified atom stereocenters. The first-order valence-electron chi connectivity index (χ1n) is 8.32. The smallest absolute Gasteiger partial charge is 0.293 e. The summed E-state index contributed by atoms with van der Waals surface area (Å²) in [6, 6.07) is 8.73. The van der Waals surface area contributed by atoms with E-state index in [0.29, 0.717) is 17.3 Å². The molecule has 0 fully saturated rings. The molecule has 28 heavy (non-hydrogen) atoms. The lowest BCUT2D eigenvalue weighted by Gasteiger charge is -2.22. The van der Waals surface area contributed by atoms with Crippen LogP contribution in [0.2, 0.25) is 5.02 Å². The van der Waals surface area contributed by atoms with Gasteiger partial charge in [-0.05, 0) is 43.7 Å². The zero-order valence-corrected chi connectivity index (χ0v) is 17.2. The third kappa shape index (κ3) is 5.20. The number of amides is 1. The molecule has 0 saturated heterocycles. The Kier molecular flexibility index (Phi) is 6.63. The third-order valence-corrected chi connectivity index (χ3v) is 5.45. The number of nitrogens with zero attached hydrogens (tertiary/aromatic N) is 2. The van der Waals surface area contributed by atoms with Gasteiger partial charge in [0.05, 0.1) is 16.4 Å². The largest absolute Gasteiger partial charge is 0.357 e. The van der Waals surface area contributed by atoms with Gasteiger partial charge in [-0.3, -0.25) is 14.9 Å². The molecule has 10 heteroatoms. The highest BCUT2D eigenvalue weighted by molar-refractivity contribution is 7.90. The molecule has 0 spiro atoms. The number of likely N-dealkylation sites (N-methyl/N-ethyl adjacent to an activating group) is 1. The fourth-order valence-electron chi connectivity index (χ4n) is 2.61. The molecule has 0 aliphatic rings. The van der Waals surface area contributed by atoms with Crippen LogP contribution in [0.5, 0.6) is 0 Å². The number of hydrogen-bond acceptors (Lipinski definition) is 6. The average Bonchev–Trinajstić information content (AvgIpc) is 2.61. The molecular weight excluding hydrogens is 406 g/mol. The molecule has 0 aromatic heterocycles. The van der Waals surface area contributed by atoms with Gasteiger partial charge in [0.1, 0.15) is 5.69 Å². The van der Waals surface area contributed by atoms with Crippen molar-refractivity contribution in [1.29, 1.82) is 0 Å². The van der Waals surface area contributed by atoms with E-state index in [2.05, 4.69) is 5.32 Å². The van der Waals surface area contributed by atoms with E-state index in [1.54, 1.807) is 25.1 Å². The van der Waals surface area contributed by atoms with Crippen molar-refractivity contribution in [3.05, 3.63) is 57.1 Å². The molecule has 0 aliphatic heterocycles. The highest BCUT2D eigenvalue weighted by Gasteiger charge is 2.23. The van der Waals surface area contributed by atoms with Crippen molar-refractivity contribution in [3.8, 4) is 0 Å². The molecule has 1 N–H and O–H groups in total. The fraction of sp³-hybridized carbons (Fsp3) is 0.278. The van der Waals surface area contributed by atoms with Crippen molar-refractivity contribution in [2.75, 3.05) is 29.6 Å². The Morgan fingerprint density at radius 3 is 2.50 bits per heavy atom. The van der Waals surface area contributed by atoms with Crippen molar-refractivity contribution >= 4 is 44.4 Å². The van der Waals surface area contributed by atoms with Gasteiger partial charge in [-0.2, -0.15) is 0 Å². The normalized spacial score (nSPS) is 11.1. The van der Waals surface area contributed by atoms with Gasteiger partial charge in [-0.1, -0.05) is 17.7 Å². The van der Waals surface area contributed by atoms with Gasteiger partial charge < -0.3 is 10.2 Å². The highest BCUT2D eigenvalue weighted by Crippen LogP contribution is 2.31. The number of hydrogen-bond donors (Lipinski definition) is 1. The van der Waals surface area contributed by atoms with Crippen LogP contribution in [0.4, 0.5) is 17.1 Å². The summed E-state index contributed by atoms with van der Waals surface area (Å²) in [5, 5.41) is 14.7. The number of aryl methyl sites for hydroxylation is 1. The lowest BCUT2D eigenvalue weighted by atomic mass is 10.2. The lowest BCUT2D eigenvalue weighted by Crippen LogP contribution is -2.33. The number of nitrogens with one attached hydrogen (secondary N) is 1. The number of sulfone groups is 1. The highest BCUT2D eigenvalue weighted by atomic mass is 35.5. The molecule has 0 heterocycles. The zero-order valence-electron chi connectivity index (χ0n) is 15.6. The van der Waals surface area contributed by atoms with Gasteiger partial charge in [0.15, 0.2) is 9.84 Å². The second-order valence-corrected chi connectivity index (χ2v) is 8.65. The molecule has 8 nitrogen and oxygen atoms in total. The van der Waals surface area contributed by atoms with Crippen LogP contribution in [0.3, 0.4) is 0 Å². The Bertz CT molecular complexity index is 1020. The van der Waals surface area contributed by atoms with Crippen LogP contribution in [-0.2, 0) is 14.6 Å². The number of anilines is 2. The predicted molar refractivity (Wildman–Crippen MR) is 109 cm³/mol. The SMILES string of the molecule is CCN(CC(=O)Nc1cc(Cl)ccc1C)c1ccc(S(C)(=O)=O)cc1[N+](=O)[O-]. The van der Waals surface area contributed by atoms with E-state index in [0.717, 1.165) is 17.9 Å². The van der Waals surface area contributed by atoms with Gasteiger partial charge >= 0.3 is 0 Å². The van der Waals surface area contributed by atoms with E-state index in [1.165, 1.54) is 17.0 Å². The topological polar surface area (TPSA) is 110 Å². The minimum Gasteiger partial charge on any atom is -0.357 e. The average molecular weight is 426 g/mol. The Morgan fingerprint density at radius 1 is 1.25 bits per heavy atom. The van der Waals surface area contributed by atoms with E-state index < -0.39 is 14.8 Å². The fourth-order valence-corrected chi connectivity index (χ4v) is 3.42.